The number of hydrogen-bond acceptors (Lipinski definition) is 3. The summed E-state index contributed by atoms with van der Waals surface area (Å²) in [6.45, 7) is 2.97. The molecule has 1 fully saturated rings. The Morgan fingerprint density at radius 3 is 2.86 bits per heavy atom. The average molecular weight is 306 g/mol. The smallest absolute Gasteiger partial charge is 0.245 e. The van der Waals surface area contributed by atoms with Crippen LogP contribution in [-0.2, 0) is 22.6 Å². The molecule has 5 heteroatoms. The fraction of sp³-hybridized carbons (Fsp3) is 0.625. The molecule has 1 aromatic heterocycles. The molecule has 2 heterocycles. The van der Waals surface area contributed by atoms with Crippen LogP contribution in [0.25, 0.3) is 0 Å². The van der Waals surface area contributed by atoms with E-state index in [4.69, 9.17) is 0 Å². The summed E-state index contributed by atoms with van der Waals surface area (Å²) in [5.74, 6) is 0.313. The second kappa shape index (κ2) is 6.18. The van der Waals surface area contributed by atoms with Crippen molar-refractivity contribution in [1.29, 1.82) is 0 Å². The van der Waals surface area contributed by atoms with Crippen LogP contribution in [0.1, 0.15) is 43.0 Å². The molecule has 1 atom stereocenters. The van der Waals surface area contributed by atoms with Crippen molar-refractivity contribution in [2.75, 3.05) is 6.54 Å². The molecule has 2 amide bonds. The van der Waals surface area contributed by atoms with Crippen molar-refractivity contribution in [2.45, 2.75) is 51.6 Å². The molecule has 1 aliphatic carbocycles. The fourth-order valence-corrected chi connectivity index (χ4v) is 4.41. The number of carbonyl (C=O) groups is 2. The van der Waals surface area contributed by atoms with Crippen LogP contribution in [0.4, 0.5) is 0 Å². The van der Waals surface area contributed by atoms with E-state index in [1.165, 1.54) is 30.2 Å². The number of hydrogen-bond donors (Lipinski definition) is 1. The topological polar surface area (TPSA) is 49.4 Å². The highest BCUT2D eigenvalue weighted by atomic mass is 32.1. The third-order valence-corrected chi connectivity index (χ3v) is 5.64. The molecular formula is C16H22N2O2S. The van der Waals surface area contributed by atoms with Gasteiger partial charge in [0, 0.05) is 24.9 Å². The lowest BCUT2D eigenvalue weighted by atomic mass is 9.95. The lowest BCUT2D eigenvalue weighted by Gasteiger charge is -2.33. The van der Waals surface area contributed by atoms with Crippen LogP contribution in [0.15, 0.2) is 11.4 Å². The summed E-state index contributed by atoms with van der Waals surface area (Å²) >= 11 is 1.78. The summed E-state index contributed by atoms with van der Waals surface area (Å²) < 4.78 is 0. The van der Waals surface area contributed by atoms with Gasteiger partial charge in [0.15, 0.2) is 0 Å². The zero-order valence-electron chi connectivity index (χ0n) is 12.4. The molecule has 3 rings (SSSR count). The molecule has 21 heavy (non-hydrogen) atoms. The van der Waals surface area contributed by atoms with E-state index in [-0.39, 0.29) is 17.9 Å². The molecule has 1 aromatic rings. The predicted molar refractivity (Wildman–Crippen MR) is 83.0 cm³/mol. The Bertz CT molecular complexity index is 534. The molecule has 1 saturated carbocycles. The van der Waals surface area contributed by atoms with Crippen LogP contribution in [0.2, 0.25) is 0 Å². The molecule has 0 bridgehead atoms. The second-order valence-electron chi connectivity index (χ2n) is 6.10. The van der Waals surface area contributed by atoms with Gasteiger partial charge in [-0.25, -0.2) is 0 Å². The van der Waals surface area contributed by atoms with Crippen molar-refractivity contribution in [3.05, 3.63) is 21.9 Å². The van der Waals surface area contributed by atoms with E-state index < -0.39 is 0 Å². The maximum Gasteiger partial charge on any atom is 0.245 e. The van der Waals surface area contributed by atoms with Crippen molar-refractivity contribution in [3.8, 4) is 0 Å². The number of rotatable bonds is 3. The number of thiophene rings is 1. The molecular weight excluding hydrogens is 284 g/mol. The van der Waals surface area contributed by atoms with Gasteiger partial charge in [0.05, 0.1) is 0 Å². The summed E-state index contributed by atoms with van der Waals surface area (Å²) in [6, 6.07) is 1.78. The monoisotopic (exact) mass is 306 g/mol. The van der Waals surface area contributed by atoms with Crippen LogP contribution in [0.5, 0.6) is 0 Å². The van der Waals surface area contributed by atoms with E-state index >= 15 is 0 Å². The van der Waals surface area contributed by atoms with Crippen LogP contribution in [0, 0.1) is 5.92 Å². The zero-order chi connectivity index (χ0) is 14.8. The van der Waals surface area contributed by atoms with Gasteiger partial charge < -0.3 is 10.2 Å². The van der Waals surface area contributed by atoms with Crippen LogP contribution < -0.4 is 5.32 Å². The molecule has 0 saturated heterocycles. The lowest BCUT2D eigenvalue weighted by molar-refractivity contribution is -0.138. The third-order valence-electron chi connectivity index (χ3n) is 4.62. The molecule has 2 aliphatic rings. The highest BCUT2D eigenvalue weighted by Gasteiger charge is 2.35. The number of carbonyl (C=O) groups excluding carboxylic acids is 2. The number of fused-ring (bicyclic) bond motifs is 1. The van der Waals surface area contributed by atoms with E-state index in [9.17, 15) is 9.59 Å². The van der Waals surface area contributed by atoms with Crippen LogP contribution in [0.3, 0.4) is 0 Å². The predicted octanol–water partition coefficient (Wildman–Crippen LogP) is 2.33. The summed E-state index contributed by atoms with van der Waals surface area (Å²) in [7, 11) is 0. The summed E-state index contributed by atoms with van der Waals surface area (Å²) in [5.41, 5.74) is 1.27. The van der Waals surface area contributed by atoms with Crippen molar-refractivity contribution >= 4 is 23.2 Å². The minimum atomic E-state index is -0.329. The van der Waals surface area contributed by atoms with Crippen LogP contribution in [-0.4, -0.2) is 29.3 Å². The number of nitrogens with zero attached hydrogens (tertiary/aromatic N) is 1. The lowest BCUT2D eigenvalue weighted by Crippen LogP contribution is -2.52. The molecule has 0 unspecified atom stereocenters. The Balaban J connectivity index is 1.73. The van der Waals surface area contributed by atoms with E-state index in [2.05, 4.69) is 16.8 Å². The first-order valence-electron chi connectivity index (χ1n) is 7.76. The van der Waals surface area contributed by atoms with E-state index in [0.29, 0.717) is 12.5 Å². The molecule has 0 spiro atoms. The van der Waals surface area contributed by atoms with Gasteiger partial charge in [-0.05, 0) is 42.2 Å². The van der Waals surface area contributed by atoms with Gasteiger partial charge in [-0.3, -0.25) is 9.59 Å². The van der Waals surface area contributed by atoms with Gasteiger partial charge >= 0.3 is 0 Å². The standard InChI is InChI=1S/C16H22N2O2S/c1-11(19)17-15(12-4-2-3-5-12)16(20)18-8-6-14-13(10-18)7-9-21-14/h7,9,12,15H,2-6,8,10H2,1H3,(H,17,19)/t15-/m1/s1. The average Bonchev–Trinajstić information content (AvgIpc) is 3.13. The van der Waals surface area contributed by atoms with Crippen LogP contribution >= 0.6 is 11.3 Å². The SMILES string of the molecule is CC(=O)N[C@@H](C(=O)N1CCc2sccc2C1)C1CCCC1. The van der Waals surface area contributed by atoms with Gasteiger partial charge in [-0.2, -0.15) is 0 Å². The minimum absolute atomic E-state index is 0.103. The van der Waals surface area contributed by atoms with Gasteiger partial charge in [0.2, 0.25) is 11.8 Å². The van der Waals surface area contributed by atoms with Crippen molar-refractivity contribution in [3.63, 3.8) is 0 Å². The molecule has 0 aromatic carbocycles. The minimum Gasteiger partial charge on any atom is -0.344 e. The maximum atomic E-state index is 12.9. The summed E-state index contributed by atoms with van der Waals surface area (Å²) in [5, 5.41) is 5.01. The largest absolute Gasteiger partial charge is 0.344 e. The highest BCUT2D eigenvalue weighted by Crippen LogP contribution is 2.30. The Labute approximate surface area is 129 Å². The zero-order valence-corrected chi connectivity index (χ0v) is 13.2. The Morgan fingerprint density at radius 2 is 2.14 bits per heavy atom. The number of amides is 2. The molecule has 4 nitrogen and oxygen atoms in total. The number of nitrogens with one attached hydrogen (secondary N) is 1. The van der Waals surface area contributed by atoms with Crippen molar-refractivity contribution in [2.24, 2.45) is 5.92 Å². The third kappa shape index (κ3) is 3.12. The van der Waals surface area contributed by atoms with Crippen molar-refractivity contribution < 1.29 is 9.59 Å². The maximum absolute atomic E-state index is 12.9. The molecule has 1 aliphatic heterocycles. The van der Waals surface area contributed by atoms with Gasteiger partial charge in [0.1, 0.15) is 6.04 Å². The Kier molecular flexibility index (Phi) is 4.29. The van der Waals surface area contributed by atoms with Crippen molar-refractivity contribution in [1.82, 2.24) is 10.2 Å². The normalized spacial score (nSPS) is 20.1. The van der Waals surface area contributed by atoms with Gasteiger partial charge in [-0.15, -0.1) is 11.3 Å². The molecule has 0 radical (unpaired) electrons. The van der Waals surface area contributed by atoms with E-state index in [1.54, 1.807) is 11.3 Å². The Hall–Kier alpha value is -1.36. The summed E-state index contributed by atoms with van der Waals surface area (Å²) in [4.78, 5) is 27.7. The highest BCUT2D eigenvalue weighted by molar-refractivity contribution is 7.10. The van der Waals surface area contributed by atoms with Gasteiger partial charge in [0.25, 0.3) is 0 Å². The fourth-order valence-electron chi connectivity index (χ4n) is 3.52. The molecule has 1 N–H and O–H groups in total. The second-order valence-corrected chi connectivity index (χ2v) is 7.10. The first kappa shape index (κ1) is 14.6. The van der Waals surface area contributed by atoms with Gasteiger partial charge in [-0.1, -0.05) is 12.8 Å². The molecule has 114 valence electrons. The van der Waals surface area contributed by atoms with E-state index in [0.717, 1.165) is 25.8 Å². The Morgan fingerprint density at radius 1 is 1.38 bits per heavy atom. The summed E-state index contributed by atoms with van der Waals surface area (Å²) in [6.07, 6.45) is 5.38. The first-order chi connectivity index (χ1) is 10.1. The first-order valence-corrected chi connectivity index (χ1v) is 8.64. The quantitative estimate of drug-likeness (QED) is 0.932. The van der Waals surface area contributed by atoms with E-state index in [1.807, 2.05) is 4.90 Å².